The van der Waals surface area contributed by atoms with Crippen LogP contribution in [0.5, 0.6) is 11.5 Å². The number of methoxy groups -OCH3 is 1. The number of benzene rings is 1. The first kappa shape index (κ1) is 16.3. The van der Waals surface area contributed by atoms with Crippen LogP contribution in [-0.4, -0.2) is 24.8 Å². The lowest BCUT2D eigenvalue weighted by Gasteiger charge is -2.26. The molecule has 1 N–H and O–H groups in total. The van der Waals surface area contributed by atoms with E-state index in [-0.39, 0.29) is 12.0 Å². The number of carboxylic acids is 1. The van der Waals surface area contributed by atoms with Gasteiger partial charge in [-0.3, -0.25) is 4.79 Å². The highest BCUT2D eigenvalue weighted by molar-refractivity contribution is 5.73. The number of rotatable bonds is 5. The molecule has 0 saturated carbocycles. The summed E-state index contributed by atoms with van der Waals surface area (Å²) < 4.78 is 11.0. The van der Waals surface area contributed by atoms with E-state index in [1.54, 1.807) is 21.0 Å². The van der Waals surface area contributed by atoms with Gasteiger partial charge < -0.3 is 14.6 Å². The molecule has 0 aliphatic rings. The van der Waals surface area contributed by atoms with Gasteiger partial charge in [-0.2, -0.15) is 0 Å². The Labute approximate surface area is 120 Å². The van der Waals surface area contributed by atoms with E-state index in [9.17, 15) is 4.79 Å². The van der Waals surface area contributed by atoms with Crippen molar-refractivity contribution in [2.45, 2.75) is 40.0 Å². The molecule has 4 nitrogen and oxygen atoms in total. The zero-order valence-electron chi connectivity index (χ0n) is 13.1. The Kier molecular flexibility index (Phi) is 4.69. The van der Waals surface area contributed by atoms with E-state index in [2.05, 4.69) is 20.8 Å². The van der Waals surface area contributed by atoms with Crippen molar-refractivity contribution in [3.8, 4) is 11.5 Å². The summed E-state index contributed by atoms with van der Waals surface area (Å²) in [6.45, 7) is 9.66. The smallest absolute Gasteiger partial charge is 0.312 e. The molecule has 0 aliphatic carbocycles. The van der Waals surface area contributed by atoms with E-state index in [0.717, 1.165) is 11.3 Å². The second-order valence-electron chi connectivity index (χ2n) is 6.59. The summed E-state index contributed by atoms with van der Waals surface area (Å²) in [7, 11) is 1.62. The lowest BCUT2D eigenvalue weighted by molar-refractivity contribution is -0.148. The molecule has 1 aromatic carbocycles. The molecule has 1 rings (SSSR count). The molecular weight excluding hydrogens is 256 g/mol. The molecule has 0 radical (unpaired) electrons. The van der Waals surface area contributed by atoms with E-state index < -0.39 is 11.4 Å². The maximum Gasteiger partial charge on any atom is 0.312 e. The topological polar surface area (TPSA) is 55.8 Å². The SMILES string of the molecule is COc1ccc(OCC(C)(C)C(=O)O)c(C(C)(C)C)c1. The number of hydrogen-bond acceptors (Lipinski definition) is 3. The average Bonchev–Trinajstić information content (AvgIpc) is 2.35. The summed E-state index contributed by atoms with van der Waals surface area (Å²) in [4.78, 5) is 11.1. The van der Waals surface area contributed by atoms with Gasteiger partial charge in [0.25, 0.3) is 0 Å². The summed E-state index contributed by atoms with van der Waals surface area (Å²) in [6.07, 6.45) is 0. The minimum Gasteiger partial charge on any atom is -0.497 e. The van der Waals surface area contributed by atoms with Gasteiger partial charge in [0, 0.05) is 5.56 Å². The Morgan fingerprint density at radius 1 is 1.20 bits per heavy atom. The minimum atomic E-state index is -0.922. The minimum absolute atomic E-state index is 0.114. The maximum atomic E-state index is 11.1. The van der Waals surface area contributed by atoms with Crippen LogP contribution in [0.1, 0.15) is 40.2 Å². The van der Waals surface area contributed by atoms with Crippen molar-refractivity contribution in [3.05, 3.63) is 23.8 Å². The first-order valence-electron chi connectivity index (χ1n) is 6.62. The Morgan fingerprint density at radius 2 is 1.80 bits per heavy atom. The summed E-state index contributed by atoms with van der Waals surface area (Å²) in [5.74, 6) is 0.593. The maximum absolute atomic E-state index is 11.1. The van der Waals surface area contributed by atoms with Crippen LogP contribution in [0.3, 0.4) is 0 Å². The van der Waals surface area contributed by atoms with Gasteiger partial charge in [0.05, 0.1) is 12.5 Å². The number of hydrogen-bond donors (Lipinski definition) is 1. The second kappa shape index (κ2) is 5.73. The highest BCUT2D eigenvalue weighted by Crippen LogP contribution is 2.35. The number of aliphatic carboxylic acids is 1. The van der Waals surface area contributed by atoms with E-state index in [1.165, 1.54) is 0 Å². The third-order valence-electron chi connectivity index (χ3n) is 3.16. The molecule has 4 heteroatoms. The zero-order valence-corrected chi connectivity index (χ0v) is 13.1. The van der Waals surface area contributed by atoms with Gasteiger partial charge in [0.1, 0.15) is 18.1 Å². The van der Waals surface area contributed by atoms with Crippen LogP contribution < -0.4 is 9.47 Å². The van der Waals surface area contributed by atoms with Crippen LogP contribution >= 0.6 is 0 Å². The fourth-order valence-corrected chi connectivity index (χ4v) is 1.67. The summed E-state index contributed by atoms with van der Waals surface area (Å²) in [5, 5.41) is 9.13. The fraction of sp³-hybridized carbons (Fsp3) is 0.562. The summed E-state index contributed by atoms with van der Waals surface area (Å²) in [6, 6.07) is 5.58. The number of ether oxygens (including phenoxy) is 2. The molecule has 20 heavy (non-hydrogen) atoms. The second-order valence-corrected chi connectivity index (χ2v) is 6.59. The molecule has 0 unspecified atom stereocenters. The molecule has 0 amide bonds. The van der Waals surface area contributed by atoms with Crippen LogP contribution in [0.25, 0.3) is 0 Å². The average molecular weight is 280 g/mol. The predicted octanol–water partition coefficient (Wildman–Crippen LogP) is 3.48. The Hall–Kier alpha value is -1.71. The number of carbonyl (C=O) groups is 1. The highest BCUT2D eigenvalue weighted by atomic mass is 16.5. The van der Waals surface area contributed by atoms with Gasteiger partial charge in [-0.25, -0.2) is 0 Å². The Bertz CT molecular complexity index is 484. The predicted molar refractivity (Wildman–Crippen MR) is 78.6 cm³/mol. The van der Waals surface area contributed by atoms with Gasteiger partial charge in [-0.05, 0) is 37.5 Å². The lowest BCUT2D eigenvalue weighted by atomic mass is 9.86. The fourth-order valence-electron chi connectivity index (χ4n) is 1.67. The zero-order chi connectivity index (χ0) is 15.6. The largest absolute Gasteiger partial charge is 0.497 e. The summed E-state index contributed by atoms with van der Waals surface area (Å²) in [5.41, 5.74) is -0.0372. The first-order chi connectivity index (χ1) is 9.08. The molecule has 0 aromatic heterocycles. The van der Waals surface area contributed by atoms with Crippen LogP contribution in [0.4, 0.5) is 0 Å². The van der Waals surface area contributed by atoms with Crippen molar-refractivity contribution in [1.29, 1.82) is 0 Å². The van der Waals surface area contributed by atoms with Gasteiger partial charge >= 0.3 is 5.97 Å². The highest BCUT2D eigenvalue weighted by Gasteiger charge is 2.29. The van der Waals surface area contributed by atoms with Crippen LogP contribution in [0.15, 0.2) is 18.2 Å². The molecular formula is C16H24O4. The van der Waals surface area contributed by atoms with Crippen molar-refractivity contribution in [2.75, 3.05) is 13.7 Å². The van der Waals surface area contributed by atoms with Crippen molar-refractivity contribution >= 4 is 5.97 Å². The Morgan fingerprint density at radius 3 is 2.25 bits per heavy atom. The van der Waals surface area contributed by atoms with Crippen LogP contribution in [-0.2, 0) is 10.2 Å². The molecule has 0 saturated heterocycles. The molecule has 0 heterocycles. The molecule has 0 spiro atoms. The monoisotopic (exact) mass is 280 g/mol. The quantitative estimate of drug-likeness (QED) is 0.897. The number of carboxylic acid groups (broad SMARTS) is 1. The van der Waals surface area contributed by atoms with Gasteiger partial charge in [-0.1, -0.05) is 20.8 Å². The molecule has 0 atom stereocenters. The normalized spacial score (nSPS) is 12.1. The third-order valence-corrected chi connectivity index (χ3v) is 3.16. The van der Waals surface area contributed by atoms with Crippen LogP contribution in [0, 0.1) is 5.41 Å². The molecule has 0 fully saturated rings. The lowest BCUT2D eigenvalue weighted by Crippen LogP contribution is -2.31. The van der Waals surface area contributed by atoms with Crippen molar-refractivity contribution in [1.82, 2.24) is 0 Å². The summed E-state index contributed by atoms with van der Waals surface area (Å²) >= 11 is 0. The molecule has 112 valence electrons. The first-order valence-corrected chi connectivity index (χ1v) is 6.62. The van der Waals surface area contributed by atoms with Crippen molar-refractivity contribution < 1.29 is 19.4 Å². The van der Waals surface area contributed by atoms with Crippen molar-refractivity contribution in [3.63, 3.8) is 0 Å². The molecule has 0 aliphatic heterocycles. The van der Waals surface area contributed by atoms with Gasteiger partial charge in [0.2, 0.25) is 0 Å². The van der Waals surface area contributed by atoms with E-state index in [1.807, 2.05) is 18.2 Å². The van der Waals surface area contributed by atoms with Gasteiger partial charge in [0.15, 0.2) is 0 Å². The van der Waals surface area contributed by atoms with E-state index >= 15 is 0 Å². The van der Waals surface area contributed by atoms with Gasteiger partial charge in [-0.15, -0.1) is 0 Å². The molecule has 1 aromatic rings. The molecule has 0 bridgehead atoms. The third kappa shape index (κ3) is 3.89. The van der Waals surface area contributed by atoms with E-state index in [0.29, 0.717) is 5.75 Å². The van der Waals surface area contributed by atoms with E-state index in [4.69, 9.17) is 14.6 Å². The standard InChI is InChI=1S/C16H24O4/c1-15(2,3)12-9-11(19-6)7-8-13(12)20-10-16(4,5)14(17)18/h7-9H,10H2,1-6H3,(H,17,18). The van der Waals surface area contributed by atoms with Crippen molar-refractivity contribution in [2.24, 2.45) is 5.41 Å². The van der Waals surface area contributed by atoms with Crippen LogP contribution in [0.2, 0.25) is 0 Å². The Balaban J connectivity index is 3.04.